The average Bonchev–Trinajstić information content (AvgIpc) is 3.46. The highest BCUT2D eigenvalue weighted by molar-refractivity contribution is 6.11. The molecule has 0 radical (unpaired) electrons. The molecule has 1 aliphatic carbocycles. The summed E-state index contributed by atoms with van der Waals surface area (Å²) in [5.74, 6) is 1.57. The Morgan fingerprint density at radius 1 is 1.34 bits per heavy atom. The number of ether oxygens (including phenoxy) is 3. The van der Waals surface area contributed by atoms with Crippen molar-refractivity contribution in [2.24, 2.45) is 0 Å². The molecule has 29 heavy (non-hydrogen) atoms. The van der Waals surface area contributed by atoms with E-state index in [9.17, 15) is 0 Å². The number of nitrogens with two attached hydrogens (primary N) is 2. The lowest BCUT2D eigenvalue weighted by molar-refractivity contribution is -0.111. The highest BCUT2D eigenvalue weighted by Crippen LogP contribution is 2.40. The minimum Gasteiger partial charge on any atom is -0.488 e. The van der Waals surface area contributed by atoms with Crippen molar-refractivity contribution < 1.29 is 19.6 Å². The number of hydrogen-bond donors (Lipinski definition) is 2. The number of anilines is 2. The molecule has 8 heteroatoms. The molecule has 0 spiro atoms. The molecule has 154 valence electrons. The molecule has 1 unspecified atom stereocenters. The van der Waals surface area contributed by atoms with E-state index < -0.39 is 0 Å². The van der Waals surface area contributed by atoms with Crippen LogP contribution >= 0.6 is 0 Å². The summed E-state index contributed by atoms with van der Waals surface area (Å²) in [6.07, 6.45) is 3.66. The van der Waals surface area contributed by atoms with Gasteiger partial charge >= 0.3 is 0 Å². The fraction of sp³-hybridized carbons (Fsp3) is 0.476. The van der Waals surface area contributed by atoms with Gasteiger partial charge in [0.05, 0.1) is 24.9 Å². The van der Waals surface area contributed by atoms with Crippen LogP contribution in [-0.2, 0) is 9.47 Å². The fourth-order valence-corrected chi connectivity index (χ4v) is 3.41. The van der Waals surface area contributed by atoms with Crippen molar-refractivity contribution in [1.82, 2.24) is 9.97 Å². The molecule has 1 aliphatic heterocycles. The number of rotatable bonds is 7. The zero-order valence-corrected chi connectivity index (χ0v) is 16.9. The molecule has 8 nitrogen and oxygen atoms in total. The quantitative estimate of drug-likeness (QED) is 0.514. The van der Waals surface area contributed by atoms with Crippen molar-refractivity contribution in [3.8, 4) is 5.75 Å². The maximum absolute atomic E-state index is 6.47. The molecule has 4 rings (SSSR count). The van der Waals surface area contributed by atoms with Crippen LogP contribution in [0.2, 0.25) is 0 Å². The monoisotopic (exact) mass is 398 g/mol. The van der Waals surface area contributed by atoms with Gasteiger partial charge in [-0.1, -0.05) is 0 Å². The first-order chi connectivity index (χ1) is 14.0. The molecule has 2 aliphatic rings. The van der Waals surface area contributed by atoms with Gasteiger partial charge in [0.2, 0.25) is 5.71 Å². The van der Waals surface area contributed by atoms with Crippen LogP contribution < -0.4 is 20.8 Å². The number of benzene rings is 1. The molecule has 1 aromatic heterocycles. The largest absolute Gasteiger partial charge is 0.488 e. The van der Waals surface area contributed by atoms with Gasteiger partial charge in [-0.05, 0) is 38.0 Å². The van der Waals surface area contributed by atoms with Crippen molar-refractivity contribution in [3.63, 3.8) is 0 Å². The van der Waals surface area contributed by atoms with Gasteiger partial charge in [0.15, 0.2) is 0 Å². The van der Waals surface area contributed by atoms with Gasteiger partial charge in [-0.2, -0.15) is 0 Å². The summed E-state index contributed by atoms with van der Waals surface area (Å²) >= 11 is 0. The summed E-state index contributed by atoms with van der Waals surface area (Å²) < 4.78 is 17.0. The molecule has 1 saturated carbocycles. The highest BCUT2D eigenvalue weighted by Gasteiger charge is 2.40. The van der Waals surface area contributed by atoms with Crippen LogP contribution in [0.5, 0.6) is 5.75 Å². The predicted octanol–water partition coefficient (Wildman–Crippen LogP) is 0.438. The lowest BCUT2D eigenvalue weighted by Crippen LogP contribution is -2.45. The average molecular weight is 398 g/mol. The topological polar surface area (TPSA) is 108 Å². The standard InChI is InChI=1S/C21H27N5O3/c1-21(5-6-21)29-14-3-4-17(22)16(9-14)20(23)18-10-19(25-13-24-18)26-7-8-28-15(11-26)12-27-2/h3-4,9-10,13,15,23H,5-8,11-12,22H2,1-2H3/p+1. The fourth-order valence-electron chi connectivity index (χ4n) is 3.41. The molecule has 2 fully saturated rings. The predicted molar refractivity (Wildman–Crippen MR) is 110 cm³/mol. The van der Waals surface area contributed by atoms with Crippen molar-refractivity contribution in [1.29, 1.82) is 0 Å². The lowest BCUT2D eigenvalue weighted by Gasteiger charge is -2.33. The van der Waals surface area contributed by atoms with E-state index in [4.69, 9.17) is 25.4 Å². The van der Waals surface area contributed by atoms with Crippen LogP contribution in [-0.4, -0.2) is 60.8 Å². The van der Waals surface area contributed by atoms with E-state index in [-0.39, 0.29) is 11.7 Å². The zero-order valence-electron chi connectivity index (χ0n) is 16.9. The van der Waals surface area contributed by atoms with Crippen LogP contribution in [0.15, 0.2) is 30.6 Å². The van der Waals surface area contributed by atoms with Crippen molar-refractivity contribution in [3.05, 3.63) is 41.9 Å². The number of hydrogen-bond acceptors (Lipinski definition) is 7. The Labute approximate surface area is 170 Å². The Kier molecular flexibility index (Phi) is 5.38. The summed E-state index contributed by atoms with van der Waals surface area (Å²) in [5.41, 5.74) is 8.56. The van der Waals surface area contributed by atoms with Gasteiger partial charge in [0, 0.05) is 32.0 Å². The third-order valence-corrected chi connectivity index (χ3v) is 5.38. The molecule has 2 heterocycles. The Balaban J connectivity index is 1.55. The summed E-state index contributed by atoms with van der Waals surface area (Å²) in [4.78, 5) is 11.0. The second kappa shape index (κ2) is 7.96. The Bertz CT molecular complexity index is 898. The van der Waals surface area contributed by atoms with Gasteiger partial charge in [-0.15, -0.1) is 0 Å². The summed E-state index contributed by atoms with van der Waals surface area (Å²) in [6, 6.07) is 7.48. The minimum absolute atomic E-state index is 0.0155. The maximum Gasteiger partial charge on any atom is 0.232 e. The van der Waals surface area contributed by atoms with Gasteiger partial charge in [-0.25, -0.2) is 9.97 Å². The van der Waals surface area contributed by atoms with Gasteiger partial charge in [0.1, 0.15) is 29.2 Å². The van der Waals surface area contributed by atoms with E-state index in [0.29, 0.717) is 36.9 Å². The lowest BCUT2D eigenvalue weighted by atomic mass is 10.0. The molecular weight excluding hydrogens is 370 g/mol. The Hall–Kier alpha value is -2.71. The smallest absolute Gasteiger partial charge is 0.232 e. The first-order valence-electron chi connectivity index (χ1n) is 9.87. The Morgan fingerprint density at radius 2 is 2.17 bits per heavy atom. The van der Waals surface area contributed by atoms with E-state index in [1.54, 1.807) is 7.11 Å². The Morgan fingerprint density at radius 3 is 2.93 bits per heavy atom. The molecule has 0 bridgehead atoms. The molecule has 1 aromatic carbocycles. The second-order valence-corrected chi connectivity index (χ2v) is 7.87. The van der Waals surface area contributed by atoms with Gasteiger partial charge in [0.25, 0.3) is 0 Å². The normalized spacial score (nSPS) is 20.3. The molecule has 1 saturated heterocycles. The van der Waals surface area contributed by atoms with E-state index in [1.165, 1.54) is 6.33 Å². The van der Waals surface area contributed by atoms with Crippen molar-refractivity contribution in [2.45, 2.75) is 31.5 Å². The molecule has 4 N–H and O–H groups in total. The van der Waals surface area contributed by atoms with Crippen LogP contribution in [0.4, 0.5) is 11.5 Å². The summed E-state index contributed by atoms with van der Waals surface area (Å²) in [7, 11) is 1.67. The highest BCUT2D eigenvalue weighted by atomic mass is 16.5. The SMILES string of the molecule is COCC1CN(c2cc(C(=[NH2+])c3cc(OC4(C)CC4)ccc3N)ncn2)CCO1. The minimum atomic E-state index is -0.0701. The number of methoxy groups -OCH3 is 1. The van der Waals surface area contributed by atoms with Crippen LogP contribution in [0.3, 0.4) is 0 Å². The summed E-state index contributed by atoms with van der Waals surface area (Å²) in [6.45, 7) is 4.73. The maximum atomic E-state index is 6.47. The van der Waals surface area contributed by atoms with Crippen LogP contribution in [0.25, 0.3) is 0 Å². The zero-order chi connectivity index (χ0) is 20.4. The molecular formula is C21H28N5O3+. The number of nitrogen functional groups attached to an aromatic ring is 1. The first-order valence-corrected chi connectivity index (χ1v) is 9.87. The van der Waals surface area contributed by atoms with Crippen LogP contribution in [0.1, 0.15) is 31.0 Å². The second-order valence-electron chi connectivity index (χ2n) is 7.87. The van der Waals surface area contributed by atoms with E-state index >= 15 is 0 Å². The molecule has 2 aromatic rings. The van der Waals surface area contributed by atoms with E-state index in [0.717, 1.165) is 36.5 Å². The summed E-state index contributed by atoms with van der Waals surface area (Å²) in [5, 5.41) is 6.47. The third-order valence-electron chi connectivity index (χ3n) is 5.38. The number of aromatic nitrogens is 2. The van der Waals surface area contributed by atoms with Crippen molar-refractivity contribution >= 4 is 17.2 Å². The van der Waals surface area contributed by atoms with E-state index in [1.807, 2.05) is 24.3 Å². The molecule has 0 amide bonds. The third kappa shape index (κ3) is 4.49. The molecule has 1 atom stereocenters. The van der Waals surface area contributed by atoms with E-state index in [2.05, 4.69) is 21.8 Å². The van der Waals surface area contributed by atoms with Gasteiger partial charge in [-0.3, -0.25) is 5.41 Å². The van der Waals surface area contributed by atoms with Crippen molar-refractivity contribution in [2.75, 3.05) is 44.0 Å². The number of morpholine rings is 1. The van der Waals surface area contributed by atoms with Crippen LogP contribution in [0, 0.1) is 0 Å². The number of nitrogens with zero attached hydrogens (tertiary/aromatic N) is 3. The van der Waals surface area contributed by atoms with Gasteiger partial charge < -0.3 is 24.8 Å². The first kappa shape index (κ1) is 19.6.